The molecule has 1 aromatic heterocycles. The summed E-state index contributed by atoms with van der Waals surface area (Å²) < 4.78 is 13.2. The molecule has 1 aliphatic heterocycles. The lowest BCUT2D eigenvalue weighted by Gasteiger charge is -2.12. The number of hydrogen-bond donors (Lipinski definition) is 1. The van der Waals surface area contributed by atoms with Crippen LogP contribution in [0.2, 0.25) is 0 Å². The molecule has 0 bridgehead atoms. The van der Waals surface area contributed by atoms with E-state index in [1.54, 1.807) is 11.3 Å². The van der Waals surface area contributed by atoms with E-state index >= 15 is 0 Å². The molecule has 1 saturated heterocycles. The molecule has 0 saturated carbocycles. The molecule has 1 N–H and O–H groups in total. The molecule has 2 atom stereocenters. The summed E-state index contributed by atoms with van der Waals surface area (Å²) in [6, 6.07) is 4.29. The molecule has 4 heteroatoms. The zero-order valence-corrected chi connectivity index (χ0v) is 11.2. The zero-order chi connectivity index (χ0) is 12.4. The van der Waals surface area contributed by atoms with E-state index in [1.807, 2.05) is 4.90 Å². The van der Waals surface area contributed by atoms with Crippen LogP contribution in [0.4, 0.5) is 4.39 Å². The molecule has 2 heterocycles. The summed E-state index contributed by atoms with van der Waals surface area (Å²) in [7, 11) is 0. The van der Waals surface area contributed by atoms with Gasteiger partial charge in [0.1, 0.15) is 6.17 Å². The second-order valence-electron chi connectivity index (χ2n) is 5.24. The van der Waals surface area contributed by atoms with Crippen molar-refractivity contribution >= 4 is 11.3 Å². The summed E-state index contributed by atoms with van der Waals surface area (Å²) in [5, 5.41) is 9.36. The van der Waals surface area contributed by atoms with Crippen LogP contribution in [0.15, 0.2) is 12.1 Å². The highest BCUT2D eigenvalue weighted by Gasteiger charge is 2.31. The fourth-order valence-corrected chi connectivity index (χ4v) is 3.46. The van der Waals surface area contributed by atoms with Crippen LogP contribution < -0.4 is 0 Å². The number of hydrogen-bond acceptors (Lipinski definition) is 3. The second kappa shape index (κ2) is 5.46. The van der Waals surface area contributed by atoms with Crippen LogP contribution in [0.1, 0.15) is 23.6 Å². The van der Waals surface area contributed by atoms with Crippen molar-refractivity contribution < 1.29 is 9.50 Å². The third-order valence-electron chi connectivity index (χ3n) is 3.00. The third-order valence-corrected chi connectivity index (χ3v) is 4.09. The number of rotatable bonds is 4. The zero-order valence-electron chi connectivity index (χ0n) is 10.4. The highest BCUT2D eigenvalue weighted by atomic mass is 32.1. The van der Waals surface area contributed by atoms with Gasteiger partial charge in [0, 0.05) is 29.4 Å². The maximum Gasteiger partial charge on any atom is 0.140 e. The van der Waals surface area contributed by atoms with Gasteiger partial charge >= 0.3 is 0 Å². The van der Waals surface area contributed by atoms with E-state index < -0.39 is 12.3 Å². The van der Waals surface area contributed by atoms with Crippen molar-refractivity contribution in [1.29, 1.82) is 0 Å². The third kappa shape index (κ3) is 3.50. The predicted octanol–water partition coefficient (Wildman–Crippen LogP) is 2.46. The average molecular weight is 257 g/mol. The van der Waals surface area contributed by atoms with Crippen molar-refractivity contribution in [3.05, 3.63) is 21.9 Å². The van der Waals surface area contributed by atoms with E-state index in [-0.39, 0.29) is 0 Å². The lowest BCUT2D eigenvalue weighted by molar-refractivity contribution is 0.115. The molecule has 0 unspecified atom stereocenters. The van der Waals surface area contributed by atoms with E-state index in [9.17, 15) is 9.50 Å². The molecule has 96 valence electrons. The number of nitrogens with zero attached hydrogens (tertiary/aromatic N) is 1. The van der Waals surface area contributed by atoms with Crippen molar-refractivity contribution in [1.82, 2.24) is 4.90 Å². The van der Waals surface area contributed by atoms with Crippen LogP contribution in [0, 0.1) is 5.92 Å². The molecule has 1 fully saturated rings. The van der Waals surface area contributed by atoms with Crippen molar-refractivity contribution in [3.63, 3.8) is 0 Å². The van der Waals surface area contributed by atoms with Crippen molar-refractivity contribution in [3.8, 4) is 0 Å². The van der Waals surface area contributed by atoms with Crippen LogP contribution in [-0.2, 0) is 13.0 Å². The van der Waals surface area contributed by atoms with Gasteiger partial charge in [-0.25, -0.2) is 4.39 Å². The van der Waals surface area contributed by atoms with Gasteiger partial charge in [0.25, 0.3) is 0 Å². The first kappa shape index (κ1) is 13.0. The van der Waals surface area contributed by atoms with E-state index in [2.05, 4.69) is 26.0 Å². The van der Waals surface area contributed by atoms with Crippen LogP contribution in [-0.4, -0.2) is 35.4 Å². The van der Waals surface area contributed by atoms with Crippen LogP contribution in [0.25, 0.3) is 0 Å². The average Bonchev–Trinajstić information content (AvgIpc) is 2.75. The van der Waals surface area contributed by atoms with E-state index in [0.717, 1.165) is 13.0 Å². The minimum atomic E-state index is -1.08. The number of thiophene rings is 1. The number of alkyl halides is 1. The highest BCUT2D eigenvalue weighted by Crippen LogP contribution is 2.23. The molecule has 1 aliphatic rings. The second-order valence-corrected chi connectivity index (χ2v) is 6.50. The Labute approximate surface area is 106 Å². The SMILES string of the molecule is CC(C)Cc1ccc(CN2C[C@H](O)[C@@H](F)C2)s1. The Hall–Kier alpha value is -0.450. The Morgan fingerprint density at radius 3 is 2.71 bits per heavy atom. The number of β-amino-alcohol motifs (C(OH)–C–C–N with tert-alkyl or cyclic N) is 1. The van der Waals surface area contributed by atoms with Gasteiger partial charge in [-0.2, -0.15) is 0 Å². The van der Waals surface area contributed by atoms with Gasteiger partial charge in [-0.1, -0.05) is 13.8 Å². The normalized spacial score (nSPS) is 25.9. The largest absolute Gasteiger partial charge is 0.389 e. The monoisotopic (exact) mass is 257 g/mol. The van der Waals surface area contributed by atoms with Crippen LogP contribution >= 0.6 is 11.3 Å². The Morgan fingerprint density at radius 2 is 2.12 bits per heavy atom. The summed E-state index contributed by atoms with van der Waals surface area (Å²) in [4.78, 5) is 4.65. The summed E-state index contributed by atoms with van der Waals surface area (Å²) in [5.74, 6) is 0.672. The van der Waals surface area contributed by atoms with E-state index in [4.69, 9.17) is 0 Å². The lowest BCUT2D eigenvalue weighted by atomic mass is 10.1. The first-order valence-corrected chi connectivity index (χ1v) is 6.98. The number of aliphatic hydroxyl groups is 1. The standard InChI is InChI=1S/C13H20FNOS/c1-9(2)5-10-3-4-11(17-10)6-15-7-12(14)13(16)8-15/h3-4,9,12-13,16H,5-8H2,1-2H3/t12-,13-/m0/s1. The van der Waals surface area contributed by atoms with Gasteiger partial charge in [-0.3, -0.25) is 4.90 Å². The molecule has 0 spiro atoms. The molecule has 17 heavy (non-hydrogen) atoms. The number of aliphatic hydroxyl groups excluding tert-OH is 1. The summed E-state index contributed by atoms with van der Waals surface area (Å²) >= 11 is 1.80. The summed E-state index contributed by atoms with van der Waals surface area (Å²) in [6.07, 6.45) is -0.769. The summed E-state index contributed by atoms with van der Waals surface area (Å²) in [6.45, 7) is 6.01. The minimum absolute atomic E-state index is 0.360. The fraction of sp³-hybridized carbons (Fsp3) is 0.692. The molecule has 2 nitrogen and oxygen atoms in total. The quantitative estimate of drug-likeness (QED) is 0.895. The highest BCUT2D eigenvalue weighted by molar-refractivity contribution is 7.11. The van der Waals surface area contributed by atoms with Gasteiger partial charge < -0.3 is 5.11 Å². The van der Waals surface area contributed by atoms with Crippen molar-refractivity contribution in [2.45, 2.75) is 39.1 Å². The molecular weight excluding hydrogens is 237 g/mol. The molecular formula is C13H20FNOS. The van der Waals surface area contributed by atoms with Crippen molar-refractivity contribution in [2.24, 2.45) is 5.92 Å². The molecule has 0 radical (unpaired) electrons. The molecule has 0 aromatic carbocycles. The van der Waals surface area contributed by atoms with Crippen LogP contribution in [0.3, 0.4) is 0 Å². The summed E-state index contributed by atoms with van der Waals surface area (Å²) in [5.41, 5.74) is 0. The lowest BCUT2D eigenvalue weighted by Crippen LogP contribution is -2.20. The smallest absolute Gasteiger partial charge is 0.140 e. The fourth-order valence-electron chi connectivity index (χ4n) is 2.19. The van der Waals surface area contributed by atoms with Gasteiger partial charge in [-0.05, 0) is 24.5 Å². The van der Waals surface area contributed by atoms with Gasteiger partial charge in [0.15, 0.2) is 0 Å². The Kier molecular flexibility index (Phi) is 4.17. The maximum absolute atomic E-state index is 13.2. The first-order chi connectivity index (χ1) is 8.04. The maximum atomic E-state index is 13.2. The molecule has 0 aliphatic carbocycles. The van der Waals surface area contributed by atoms with E-state index in [0.29, 0.717) is 19.0 Å². The van der Waals surface area contributed by atoms with Gasteiger partial charge in [0.2, 0.25) is 0 Å². The molecule has 0 amide bonds. The van der Waals surface area contributed by atoms with Gasteiger partial charge in [0.05, 0.1) is 6.10 Å². The van der Waals surface area contributed by atoms with Crippen molar-refractivity contribution in [2.75, 3.05) is 13.1 Å². The van der Waals surface area contributed by atoms with Gasteiger partial charge in [-0.15, -0.1) is 11.3 Å². The number of likely N-dealkylation sites (tertiary alicyclic amines) is 1. The van der Waals surface area contributed by atoms with Crippen LogP contribution in [0.5, 0.6) is 0 Å². The molecule has 2 rings (SSSR count). The first-order valence-electron chi connectivity index (χ1n) is 6.16. The predicted molar refractivity (Wildman–Crippen MR) is 69.0 cm³/mol. The number of halogens is 1. The Morgan fingerprint density at radius 1 is 1.41 bits per heavy atom. The topological polar surface area (TPSA) is 23.5 Å². The van der Waals surface area contributed by atoms with E-state index in [1.165, 1.54) is 9.75 Å². The molecule has 1 aromatic rings. The minimum Gasteiger partial charge on any atom is -0.389 e. The Bertz CT molecular complexity index is 356. The Balaban J connectivity index is 1.89.